The number of hydrogen-bond acceptors (Lipinski definition) is 5. The molecule has 0 amide bonds. The van der Waals surface area contributed by atoms with Gasteiger partial charge in [0.05, 0.1) is 18.9 Å². The lowest BCUT2D eigenvalue weighted by Gasteiger charge is -2.28. The minimum Gasteiger partial charge on any atom is -0.382 e. The minimum atomic E-state index is 0.383. The molecule has 2 aromatic heterocycles. The van der Waals surface area contributed by atoms with Crippen molar-refractivity contribution >= 4 is 11.5 Å². The number of morpholine rings is 1. The van der Waals surface area contributed by atoms with Crippen molar-refractivity contribution in [3.63, 3.8) is 0 Å². The highest BCUT2D eigenvalue weighted by Gasteiger charge is 2.17. The Morgan fingerprint density at radius 1 is 1.43 bits per heavy atom. The number of imidazole rings is 1. The first-order valence-electron chi connectivity index (χ1n) is 7.51. The number of allylic oxidation sites excluding steroid dienone is 2. The van der Waals surface area contributed by atoms with Crippen LogP contribution in [0.2, 0.25) is 0 Å². The van der Waals surface area contributed by atoms with Crippen LogP contribution in [0.15, 0.2) is 47.9 Å². The van der Waals surface area contributed by atoms with Crippen molar-refractivity contribution in [3.05, 3.63) is 54.3 Å². The van der Waals surface area contributed by atoms with Gasteiger partial charge in [-0.1, -0.05) is 12.7 Å². The van der Waals surface area contributed by atoms with Crippen molar-refractivity contribution in [1.29, 1.82) is 0 Å². The molecule has 0 saturated carbocycles. The Kier molecular flexibility index (Phi) is 4.38. The van der Waals surface area contributed by atoms with E-state index in [9.17, 15) is 0 Å². The Morgan fingerprint density at radius 2 is 2.22 bits per heavy atom. The van der Waals surface area contributed by atoms with E-state index in [0.29, 0.717) is 24.7 Å². The summed E-state index contributed by atoms with van der Waals surface area (Å²) in [4.78, 5) is 11.2. The number of ether oxygens (including phenoxy) is 1. The third kappa shape index (κ3) is 3.09. The predicted octanol–water partition coefficient (Wildman–Crippen LogP) is 1.10. The van der Waals surface area contributed by atoms with Crippen LogP contribution in [0.1, 0.15) is 11.4 Å². The number of amidine groups is 1. The molecule has 3 heterocycles. The number of aliphatic imine (C=N–C) groups is 1. The van der Waals surface area contributed by atoms with Crippen LogP contribution in [0.5, 0.6) is 0 Å². The van der Waals surface area contributed by atoms with Gasteiger partial charge in [-0.3, -0.25) is 0 Å². The monoisotopic (exact) mass is 312 g/mol. The lowest BCUT2D eigenvalue weighted by atomic mass is 10.3. The molecule has 0 bridgehead atoms. The maximum Gasteiger partial charge on any atom is 0.154 e. The summed E-state index contributed by atoms with van der Waals surface area (Å²) in [6.45, 7) is 8.58. The maximum absolute atomic E-state index is 6.26. The fourth-order valence-electron chi connectivity index (χ4n) is 2.58. The molecule has 0 aliphatic carbocycles. The van der Waals surface area contributed by atoms with E-state index < -0.39 is 0 Å². The lowest BCUT2D eigenvalue weighted by molar-refractivity contribution is 0.0532. The van der Waals surface area contributed by atoms with Gasteiger partial charge in [-0.15, -0.1) is 0 Å². The summed E-state index contributed by atoms with van der Waals surface area (Å²) < 4.78 is 7.09. The van der Waals surface area contributed by atoms with Crippen LogP contribution in [-0.2, 0) is 4.74 Å². The summed E-state index contributed by atoms with van der Waals surface area (Å²) in [5.74, 6) is 1.15. The smallest absolute Gasteiger partial charge is 0.154 e. The summed E-state index contributed by atoms with van der Waals surface area (Å²) in [5, 5.41) is 4.31. The SMILES string of the molecule is C=C/C=C(\N=C(/N)c1c(C)nc2cccnn12)N1CCOCC1. The first-order valence-corrected chi connectivity index (χ1v) is 7.51. The fraction of sp³-hybridized carbons (Fsp3) is 0.312. The minimum absolute atomic E-state index is 0.383. The van der Waals surface area contributed by atoms with Crippen LogP contribution in [-0.4, -0.2) is 51.6 Å². The second-order valence-corrected chi connectivity index (χ2v) is 5.20. The topological polar surface area (TPSA) is 81.0 Å². The lowest BCUT2D eigenvalue weighted by Crippen LogP contribution is -2.35. The van der Waals surface area contributed by atoms with Gasteiger partial charge in [-0.25, -0.2) is 14.5 Å². The quantitative estimate of drug-likeness (QED) is 0.519. The van der Waals surface area contributed by atoms with Gasteiger partial charge in [-0.2, -0.15) is 5.10 Å². The number of aromatic nitrogens is 3. The van der Waals surface area contributed by atoms with E-state index in [0.717, 1.165) is 30.3 Å². The number of nitrogens with two attached hydrogens (primary N) is 1. The van der Waals surface area contributed by atoms with Crippen LogP contribution < -0.4 is 5.73 Å². The van der Waals surface area contributed by atoms with Crippen molar-refractivity contribution in [2.24, 2.45) is 10.7 Å². The zero-order valence-electron chi connectivity index (χ0n) is 13.1. The van der Waals surface area contributed by atoms with E-state index in [2.05, 4.69) is 26.6 Å². The van der Waals surface area contributed by atoms with Gasteiger partial charge >= 0.3 is 0 Å². The first kappa shape index (κ1) is 15.2. The first-order chi connectivity index (χ1) is 11.2. The molecular weight excluding hydrogens is 292 g/mol. The maximum atomic E-state index is 6.26. The number of nitrogens with zero attached hydrogens (tertiary/aromatic N) is 5. The average molecular weight is 312 g/mol. The van der Waals surface area contributed by atoms with Gasteiger partial charge in [0.15, 0.2) is 11.5 Å². The fourth-order valence-corrected chi connectivity index (χ4v) is 2.58. The van der Waals surface area contributed by atoms with Crippen LogP contribution in [0.25, 0.3) is 5.65 Å². The van der Waals surface area contributed by atoms with Crippen LogP contribution in [0.3, 0.4) is 0 Å². The van der Waals surface area contributed by atoms with Crippen molar-refractivity contribution in [2.45, 2.75) is 6.92 Å². The molecule has 120 valence electrons. The molecule has 0 atom stereocenters. The van der Waals surface area contributed by atoms with Gasteiger partial charge < -0.3 is 15.4 Å². The van der Waals surface area contributed by atoms with E-state index in [1.165, 1.54) is 0 Å². The Bertz CT molecular complexity index is 770. The number of aryl methyl sites for hydroxylation is 1. The van der Waals surface area contributed by atoms with Crippen molar-refractivity contribution < 1.29 is 4.74 Å². The summed E-state index contributed by atoms with van der Waals surface area (Å²) >= 11 is 0. The van der Waals surface area contributed by atoms with Crippen molar-refractivity contribution in [1.82, 2.24) is 19.5 Å². The molecule has 0 radical (unpaired) electrons. The van der Waals surface area contributed by atoms with Gasteiger partial charge in [0.2, 0.25) is 0 Å². The molecule has 3 rings (SSSR count). The number of rotatable bonds is 4. The molecule has 0 aromatic carbocycles. The third-order valence-electron chi connectivity index (χ3n) is 3.65. The van der Waals surface area contributed by atoms with Crippen LogP contribution >= 0.6 is 0 Å². The Balaban J connectivity index is 2.00. The van der Waals surface area contributed by atoms with E-state index in [1.54, 1.807) is 16.8 Å². The van der Waals surface area contributed by atoms with Gasteiger partial charge in [0.25, 0.3) is 0 Å². The summed E-state index contributed by atoms with van der Waals surface area (Å²) in [5.41, 5.74) is 8.52. The standard InChI is InChI=1S/C16H20N6O/c1-3-5-13(21-8-10-23-11-9-21)20-16(17)15-12(2)19-14-6-4-7-18-22(14)15/h3-7H,1,8-11H2,2H3,(H2,17,20)/b13-5+. The highest BCUT2D eigenvalue weighted by Crippen LogP contribution is 2.14. The summed E-state index contributed by atoms with van der Waals surface area (Å²) in [6, 6.07) is 3.73. The average Bonchev–Trinajstić information content (AvgIpc) is 2.91. The highest BCUT2D eigenvalue weighted by atomic mass is 16.5. The Hall–Kier alpha value is -2.67. The molecule has 1 fully saturated rings. The van der Waals surface area contributed by atoms with Crippen molar-refractivity contribution in [3.8, 4) is 0 Å². The summed E-state index contributed by atoms with van der Waals surface area (Å²) in [6.07, 6.45) is 5.26. The largest absolute Gasteiger partial charge is 0.382 e. The Labute approximate surface area is 134 Å². The molecule has 2 N–H and O–H groups in total. The second kappa shape index (κ2) is 6.62. The molecule has 1 aliphatic heterocycles. The number of fused-ring (bicyclic) bond motifs is 1. The molecular formula is C16H20N6O. The zero-order chi connectivity index (χ0) is 16.2. The van der Waals surface area contributed by atoms with Crippen LogP contribution in [0, 0.1) is 6.92 Å². The summed E-state index contributed by atoms with van der Waals surface area (Å²) in [7, 11) is 0. The van der Waals surface area contributed by atoms with Gasteiger partial charge in [0.1, 0.15) is 11.5 Å². The zero-order valence-corrected chi connectivity index (χ0v) is 13.1. The molecule has 0 spiro atoms. The van der Waals surface area contributed by atoms with Gasteiger partial charge in [-0.05, 0) is 25.1 Å². The molecule has 2 aromatic rings. The molecule has 7 nitrogen and oxygen atoms in total. The van der Waals surface area contributed by atoms with Gasteiger partial charge in [0, 0.05) is 19.3 Å². The molecule has 1 aliphatic rings. The highest BCUT2D eigenvalue weighted by molar-refractivity contribution is 5.98. The van der Waals surface area contributed by atoms with E-state index in [4.69, 9.17) is 10.5 Å². The van der Waals surface area contributed by atoms with E-state index >= 15 is 0 Å². The predicted molar refractivity (Wildman–Crippen MR) is 89.1 cm³/mol. The second-order valence-electron chi connectivity index (χ2n) is 5.20. The van der Waals surface area contributed by atoms with Crippen LogP contribution in [0.4, 0.5) is 0 Å². The molecule has 0 unspecified atom stereocenters. The molecule has 7 heteroatoms. The molecule has 1 saturated heterocycles. The third-order valence-corrected chi connectivity index (χ3v) is 3.65. The molecule has 23 heavy (non-hydrogen) atoms. The van der Waals surface area contributed by atoms with E-state index in [-0.39, 0.29) is 0 Å². The normalized spacial score (nSPS) is 16.8. The number of hydrogen-bond donors (Lipinski definition) is 1. The van der Waals surface area contributed by atoms with Crippen molar-refractivity contribution in [2.75, 3.05) is 26.3 Å². The van der Waals surface area contributed by atoms with E-state index in [1.807, 2.05) is 25.1 Å². The Morgan fingerprint density at radius 3 is 2.96 bits per heavy atom.